The molecule has 0 unspecified atom stereocenters. The van der Waals surface area contributed by atoms with Gasteiger partial charge in [0.15, 0.2) is 0 Å². The van der Waals surface area contributed by atoms with E-state index in [0.717, 1.165) is 0 Å². The van der Waals surface area contributed by atoms with Crippen molar-refractivity contribution >= 4 is 0 Å². The van der Waals surface area contributed by atoms with Crippen molar-refractivity contribution in [2.24, 2.45) is 0 Å². The molecule has 0 aliphatic rings. The molecule has 0 atom stereocenters. The smallest absolute Gasteiger partial charge is 1.00 e. The Hall–Kier alpha value is 4.40. The first kappa shape index (κ1) is 83.2. The predicted molar refractivity (Wildman–Crippen MR) is 0 cm³/mol. The molecule has 0 saturated carbocycles. The van der Waals surface area contributed by atoms with Crippen LogP contribution in [0.25, 0.3) is 0 Å². The van der Waals surface area contributed by atoms with E-state index in [4.69, 9.17) is 0 Å². The van der Waals surface area contributed by atoms with Crippen LogP contribution in [0.1, 0.15) is 0 Å². The van der Waals surface area contributed by atoms with Crippen molar-refractivity contribution in [1.29, 1.82) is 0 Å². The van der Waals surface area contributed by atoms with Gasteiger partial charge in [0.1, 0.15) is 0 Å². The maximum atomic E-state index is 0. The molecule has 8 heteroatoms. The Morgan fingerprint density at radius 3 is 0.375 bits per heavy atom. The summed E-state index contributed by atoms with van der Waals surface area (Å²) in [6.45, 7) is 0. The molecular formula is Cl6GdSm. The summed E-state index contributed by atoms with van der Waals surface area (Å²) in [7, 11) is 0. The topological polar surface area (TPSA) is 0 Å². The van der Waals surface area contributed by atoms with Crippen LogP contribution in [-0.4, -0.2) is 0 Å². The minimum Gasteiger partial charge on any atom is -1.00 e. The molecule has 2 radical (unpaired) electrons. The molecule has 0 bridgehead atoms. The van der Waals surface area contributed by atoms with E-state index < -0.39 is 0 Å². The third kappa shape index (κ3) is 47.4. The molecule has 0 aliphatic heterocycles. The molecule has 0 N–H and O–H groups in total. The second-order valence-electron chi connectivity index (χ2n) is 0. The van der Waals surface area contributed by atoms with E-state index in [-0.39, 0.29) is 155 Å². The summed E-state index contributed by atoms with van der Waals surface area (Å²) in [6, 6.07) is 0. The van der Waals surface area contributed by atoms with Crippen LogP contribution in [0.15, 0.2) is 0 Å². The van der Waals surface area contributed by atoms with E-state index in [1.807, 2.05) is 0 Å². The van der Waals surface area contributed by atoms with Crippen molar-refractivity contribution in [2.45, 2.75) is 0 Å². The Labute approximate surface area is 151 Å². The van der Waals surface area contributed by atoms with Gasteiger partial charge in [-0.15, -0.1) is 0 Å². The van der Waals surface area contributed by atoms with E-state index in [9.17, 15) is 0 Å². The molecule has 0 heterocycles. The molecule has 0 aliphatic carbocycles. The fourth-order valence-corrected chi connectivity index (χ4v) is 0. The summed E-state index contributed by atoms with van der Waals surface area (Å²) in [5, 5.41) is 0. The van der Waals surface area contributed by atoms with Crippen LogP contribution in [-0.2, 0) is 0 Å². The first-order valence-corrected chi connectivity index (χ1v) is 0. The maximum Gasteiger partial charge on any atom is 3.00 e. The van der Waals surface area contributed by atoms with Crippen molar-refractivity contribution in [1.82, 2.24) is 0 Å². The van der Waals surface area contributed by atoms with Crippen molar-refractivity contribution in [3.05, 3.63) is 0 Å². The van der Waals surface area contributed by atoms with E-state index in [2.05, 4.69) is 0 Å². The van der Waals surface area contributed by atoms with Crippen molar-refractivity contribution < 1.29 is 155 Å². The third-order valence-electron chi connectivity index (χ3n) is 0. The summed E-state index contributed by atoms with van der Waals surface area (Å²) in [6.07, 6.45) is 0. The van der Waals surface area contributed by atoms with Gasteiger partial charge >= 0.3 is 80.3 Å². The van der Waals surface area contributed by atoms with Crippen molar-refractivity contribution in [3.63, 3.8) is 0 Å². The van der Waals surface area contributed by atoms with Crippen LogP contribution in [0.4, 0.5) is 0 Å². The minimum absolute atomic E-state index is 0. The fourth-order valence-electron chi connectivity index (χ4n) is 0. The van der Waals surface area contributed by atoms with Gasteiger partial charge in [0, 0.05) is 0 Å². The van der Waals surface area contributed by atoms with Gasteiger partial charge in [0.2, 0.25) is 0 Å². The van der Waals surface area contributed by atoms with Crippen molar-refractivity contribution in [3.8, 4) is 0 Å². The second kappa shape index (κ2) is 63.7. The SMILES string of the molecule is [Cl-].[Cl-].[Cl-].[Cl-].[Cl-].[Cl-].[Gd+3].[Sm+3]. The molecule has 0 aromatic rings. The second-order valence-corrected chi connectivity index (χ2v) is 0. The Morgan fingerprint density at radius 2 is 0.375 bits per heavy atom. The zero-order chi connectivity index (χ0) is 0. The third-order valence-corrected chi connectivity index (χ3v) is 0. The average Bonchev–Trinajstić information content (AvgIpc) is 0. The standard InChI is InChI=1S/6ClH.Gd.Sm/h6*1H;;/q;;;;;;2*+3/p-6. The first-order valence-electron chi connectivity index (χ1n) is 0. The Morgan fingerprint density at radius 1 is 0.375 bits per heavy atom. The minimum atomic E-state index is 0. The van der Waals surface area contributed by atoms with Crippen LogP contribution < -0.4 is 74.4 Å². The molecular weight excluding hydrogens is 520 g/mol. The molecule has 0 amide bonds. The van der Waals surface area contributed by atoms with Gasteiger partial charge in [-0.3, -0.25) is 0 Å². The van der Waals surface area contributed by atoms with Gasteiger partial charge in [0.05, 0.1) is 0 Å². The molecule has 56 valence electrons. The summed E-state index contributed by atoms with van der Waals surface area (Å²) < 4.78 is 0. The Balaban J connectivity index is 0. The van der Waals surface area contributed by atoms with Crippen molar-refractivity contribution in [2.75, 3.05) is 0 Å². The van der Waals surface area contributed by atoms with Gasteiger partial charge in [-0.1, -0.05) is 0 Å². The number of rotatable bonds is 0. The van der Waals surface area contributed by atoms with Gasteiger partial charge in [-0.25, -0.2) is 0 Å². The van der Waals surface area contributed by atoms with Crippen LogP contribution in [0.3, 0.4) is 0 Å². The quantitative estimate of drug-likeness (QED) is 0.298. The summed E-state index contributed by atoms with van der Waals surface area (Å²) >= 11 is 0. The monoisotopic (exact) mass is 520 g/mol. The van der Waals surface area contributed by atoms with Crippen LogP contribution in [0, 0.1) is 80.3 Å². The number of hydrogen-bond acceptors (Lipinski definition) is 0. The van der Waals surface area contributed by atoms with Crippen LogP contribution >= 0.6 is 0 Å². The Bertz CT molecular complexity index is 8.49. The summed E-state index contributed by atoms with van der Waals surface area (Å²) in [4.78, 5) is 0. The van der Waals surface area contributed by atoms with E-state index >= 15 is 0 Å². The van der Waals surface area contributed by atoms with E-state index in [1.54, 1.807) is 0 Å². The molecule has 0 spiro atoms. The average molecular weight is 520 g/mol. The number of halogens is 6. The zero-order valence-electron chi connectivity index (χ0n) is 3.03. The van der Waals surface area contributed by atoms with Gasteiger partial charge < -0.3 is 74.4 Å². The number of hydrogen-bond donors (Lipinski definition) is 0. The van der Waals surface area contributed by atoms with Gasteiger partial charge in [-0.05, 0) is 0 Å². The molecule has 0 aromatic carbocycles. The van der Waals surface area contributed by atoms with Crippen LogP contribution in [0.5, 0.6) is 0 Å². The normalized spacial score (nSPS) is 0. The van der Waals surface area contributed by atoms with E-state index in [1.165, 1.54) is 0 Å². The largest absolute Gasteiger partial charge is 3.00 e. The summed E-state index contributed by atoms with van der Waals surface area (Å²) in [5.74, 6) is 0. The predicted octanol–water partition coefficient (Wildman–Crippen LogP) is -18.0. The molecule has 0 saturated heterocycles. The fraction of sp³-hybridized carbons (Fsp3) is 0. The molecule has 0 aromatic heterocycles. The van der Waals surface area contributed by atoms with Gasteiger partial charge in [0.25, 0.3) is 0 Å². The zero-order valence-corrected chi connectivity index (χ0v) is 12.5. The molecule has 0 rings (SSSR count). The first-order chi connectivity index (χ1) is 0. The maximum absolute atomic E-state index is 0. The van der Waals surface area contributed by atoms with E-state index in [0.29, 0.717) is 0 Å². The molecule has 0 fully saturated rings. The van der Waals surface area contributed by atoms with Crippen LogP contribution in [0.2, 0.25) is 0 Å². The molecule has 8 heavy (non-hydrogen) atoms. The summed E-state index contributed by atoms with van der Waals surface area (Å²) in [5.41, 5.74) is 0. The van der Waals surface area contributed by atoms with Gasteiger partial charge in [-0.2, -0.15) is 0 Å². The Kier molecular flexibility index (Phi) is 662. The molecule has 0 nitrogen and oxygen atoms in total.